The molecule has 1 N–H and O–H groups in total. The topological polar surface area (TPSA) is 55.7 Å². The molecule has 18 heavy (non-hydrogen) atoms. The van der Waals surface area contributed by atoms with Crippen LogP contribution in [0.1, 0.15) is 24.5 Å². The minimum Gasteiger partial charge on any atom is -0.291 e. The van der Waals surface area contributed by atoms with Gasteiger partial charge in [-0.2, -0.15) is 10.4 Å². The summed E-state index contributed by atoms with van der Waals surface area (Å²) in [6.45, 7) is 2.56. The van der Waals surface area contributed by atoms with Crippen LogP contribution in [0, 0.1) is 11.3 Å². The maximum atomic E-state index is 8.70. The lowest BCUT2D eigenvalue weighted by atomic mass is 9.92. The van der Waals surface area contributed by atoms with Crippen molar-refractivity contribution in [2.75, 3.05) is 19.6 Å². The Hall–Kier alpha value is -1.86. The molecule has 1 aliphatic heterocycles. The van der Waals surface area contributed by atoms with Gasteiger partial charge < -0.3 is 0 Å². The van der Waals surface area contributed by atoms with E-state index in [1.807, 2.05) is 12.1 Å². The van der Waals surface area contributed by atoms with E-state index in [2.05, 4.69) is 33.3 Å². The maximum Gasteiger partial charge on any atom is 0.0923 e. The van der Waals surface area contributed by atoms with Crippen LogP contribution in [0.25, 0.3) is 10.9 Å². The van der Waals surface area contributed by atoms with Gasteiger partial charge in [-0.1, -0.05) is 18.2 Å². The highest BCUT2D eigenvalue weighted by Gasteiger charge is 2.23. The van der Waals surface area contributed by atoms with Crippen LogP contribution in [0.15, 0.2) is 24.3 Å². The third kappa shape index (κ3) is 1.98. The van der Waals surface area contributed by atoms with Crippen LogP contribution in [0.3, 0.4) is 0 Å². The van der Waals surface area contributed by atoms with Crippen LogP contribution in [-0.2, 0) is 0 Å². The lowest BCUT2D eigenvalue weighted by Gasteiger charge is -2.29. The highest BCUT2D eigenvalue weighted by Crippen LogP contribution is 2.31. The average molecular weight is 240 g/mol. The first-order valence-electron chi connectivity index (χ1n) is 6.41. The fourth-order valence-electron chi connectivity index (χ4n) is 2.77. The molecule has 0 bridgehead atoms. The van der Waals surface area contributed by atoms with Crippen molar-refractivity contribution in [1.82, 2.24) is 15.1 Å². The molecule has 2 aromatic rings. The summed E-state index contributed by atoms with van der Waals surface area (Å²) in [5, 5.41) is 17.5. The van der Waals surface area contributed by atoms with E-state index >= 15 is 0 Å². The summed E-state index contributed by atoms with van der Waals surface area (Å²) in [7, 11) is 0. The molecule has 1 aromatic carbocycles. The zero-order valence-electron chi connectivity index (χ0n) is 10.3. The molecule has 0 radical (unpaired) electrons. The van der Waals surface area contributed by atoms with Crippen LogP contribution in [0.4, 0.5) is 0 Å². The molecule has 0 aliphatic carbocycles. The third-order valence-corrected chi connectivity index (χ3v) is 3.78. The Morgan fingerprint density at radius 2 is 2.11 bits per heavy atom. The maximum absolute atomic E-state index is 8.70. The molecule has 0 atom stereocenters. The molecule has 1 aliphatic rings. The Kier molecular flexibility index (Phi) is 2.99. The lowest BCUT2D eigenvalue weighted by Crippen LogP contribution is -2.33. The molecule has 3 rings (SSSR count). The van der Waals surface area contributed by atoms with Gasteiger partial charge in [0.05, 0.1) is 18.1 Å². The van der Waals surface area contributed by atoms with Crippen LogP contribution >= 0.6 is 0 Å². The van der Waals surface area contributed by atoms with Crippen molar-refractivity contribution >= 4 is 10.9 Å². The van der Waals surface area contributed by atoms with Gasteiger partial charge in [-0.3, -0.25) is 10.00 Å². The Bertz CT molecular complexity index is 573. The van der Waals surface area contributed by atoms with E-state index in [4.69, 9.17) is 5.26 Å². The Morgan fingerprint density at radius 1 is 1.33 bits per heavy atom. The number of hydrogen-bond acceptors (Lipinski definition) is 3. The number of nitriles is 1. The first-order chi connectivity index (χ1) is 8.88. The quantitative estimate of drug-likeness (QED) is 0.819. The zero-order chi connectivity index (χ0) is 12.4. The number of piperidine rings is 1. The fourth-order valence-corrected chi connectivity index (χ4v) is 2.77. The van der Waals surface area contributed by atoms with E-state index in [1.54, 1.807) is 0 Å². The van der Waals surface area contributed by atoms with Gasteiger partial charge in [-0.15, -0.1) is 0 Å². The number of nitrogens with one attached hydrogen (secondary N) is 1. The number of para-hydroxylation sites is 1. The van der Waals surface area contributed by atoms with Gasteiger partial charge >= 0.3 is 0 Å². The third-order valence-electron chi connectivity index (χ3n) is 3.78. The SMILES string of the molecule is N#CCN1CCC(c2[nH]nc3ccccc23)CC1. The van der Waals surface area contributed by atoms with E-state index in [9.17, 15) is 0 Å². The van der Waals surface area contributed by atoms with Crippen molar-refractivity contribution in [2.45, 2.75) is 18.8 Å². The summed E-state index contributed by atoms with van der Waals surface area (Å²) in [5.41, 5.74) is 2.31. The molecule has 0 amide bonds. The molecule has 2 heterocycles. The van der Waals surface area contributed by atoms with Gasteiger partial charge in [0, 0.05) is 17.0 Å². The second-order valence-electron chi connectivity index (χ2n) is 4.86. The van der Waals surface area contributed by atoms with E-state index < -0.39 is 0 Å². The molecule has 0 saturated carbocycles. The van der Waals surface area contributed by atoms with Crippen molar-refractivity contribution in [3.8, 4) is 6.07 Å². The standard InChI is InChI=1S/C14H16N4/c15-7-10-18-8-5-11(6-9-18)14-12-3-1-2-4-13(12)16-17-14/h1-4,11H,5-6,8-10H2,(H,16,17). The molecule has 0 unspecified atom stereocenters. The van der Waals surface area contributed by atoms with Crippen molar-refractivity contribution in [2.24, 2.45) is 0 Å². The zero-order valence-corrected chi connectivity index (χ0v) is 10.3. The molecule has 1 aromatic heterocycles. The Morgan fingerprint density at radius 3 is 2.89 bits per heavy atom. The summed E-state index contributed by atoms with van der Waals surface area (Å²) in [6.07, 6.45) is 2.21. The van der Waals surface area contributed by atoms with Crippen LogP contribution in [0.5, 0.6) is 0 Å². The molecule has 1 fully saturated rings. The number of hydrogen-bond donors (Lipinski definition) is 1. The minimum atomic E-state index is 0.548. The largest absolute Gasteiger partial charge is 0.291 e. The van der Waals surface area contributed by atoms with Gasteiger partial charge in [-0.25, -0.2) is 0 Å². The normalized spacial score (nSPS) is 17.9. The first-order valence-corrected chi connectivity index (χ1v) is 6.41. The summed E-state index contributed by atoms with van der Waals surface area (Å²) in [5.74, 6) is 0.548. The number of benzene rings is 1. The van der Waals surface area contributed by atoms with E-state index in [0.717, 1.165) is 31.4 Å². The average Bonchev–Trinajstić information content (AvgIpc) is 2.84. The summed E-state index contributed by atoms with van der Waals surface area (Å²) < 4.78 is 0. The molecular weight excluding hydrogens is 224 g/mol. The smallest absolute Gasteiger partial charge is 0.0923 e. The second kappa shape index (κ2) is 4.79. The van der Waals surface area contributed by atoms with Crippen LogP contribution in [-0.4, -0.2) is 34.7 Å². The van der Waals surface area contributed by atoms with Gasteiger partial charge in [0.15, 0.2) is 0 Å². The molecule has 4 nitrogen and oxygen atoms in total. The van der Waals surface area contributed by atoms with E-state index in [1.165, 1.54) is 11.1 Å². The van der Waals surface area contributed by atoms with Gasteiger partial charge in [0.25, 0.3) is 0 Å². The number of rotatable bonds is 2. The van der Waals surface area contributed by atoms with Crippen LogP contribution < -0.4 is 0 Å². The summed E-state index contributed by atoms with van der Waals surface area (Å²) in [4.78, 5) is 2.22. The van der Waals surface area contributed by atoms with Gasteiger partial charge in [0.1, 0.15) is 0 Å². The highest BCUT2D eigenvalue weighted by atomic mass is 15.1. The van der Waals surface area contributed by atoms with E-state index in [0.29, 0.717) is 12.5 Å². The number of fused-ring (bicyclic) bond motifs is 1. The highest BCUT2D eigenvalue weighted by molar-refractivity contribution is 5.81. The fraction of sp³-hybridized carbons (Fsp3) is 0.429. The lowest BCUT2D eigenvalue weighted by molar-refractivity contribution is 0.233. The van der Waals surface area contributed by atoms with Crippen molar-refractivity contribution in [1.29, 1.82) is 5.26 Å². The number of aromatic nitrogens is 2. The van der Waals surface area contributed by atoms with Gasteiger partial charge in [-0.05, 0) is 32.0 Å². The van der Waals surface area contributed by atoms with Crippen LogP contribution in [0.2, 0.25) is 0 Å². The van der Waals surface area contributed by atoms with Crippen molar-refractivity contribution in [3.05, 3.63) is 30.0 Å². The monoisotopic (exact) mass is 240 g/mol. The predicted octanol–water partition coefficient (Wildman–Crippen LogP) is 2.27. The number of H-pyrrole nitrogens is 1. The van der Waals surface area contributed by atoms with Crippen molar-refractivity contribution < 1.29 is 0 Å². The molecule has 0 spiro atoms. The summed E-state index contributed by atoms with van der Waals surface area (Å²) in [6, 6.07) is 10.5. The minimum absolute atomic E-state index is 0.548. The summed E-state index contributed by atoms with van der Waals surface area (Å²) >= 11 is 0. The number of likely N-dealkylation sites (tertiary alicyclic amines) is 1. The molecular formula is C14H16N4. The Balaban J connectivity index is 1.79. The Labute approximate surface area is 106 Å². The number of nitrogens with zero attached hydrogens (tertiary/aromatic N) is 3. The molecule has 4 heteroatoms. The molecule has 1 saturated heterocycles. The van der Waals surface area contributed by atoms with Crippen molar-refractivity contribution in [3.63, 3.8) is 0 Å². The first kappa shape index (κ1) is 11.2. The van der Waals surface area contributed by atoms with Gasteiger partial charge in [0.2, 0.25) is 0 Å². The molecule has 92 valence electrons. The predicted molar refractivity (Wildman–Crippen MR) is 70.1 cm³/mol. The second-order valence-corrected chi connectivity index (χ2v) is 4.86. The van der Waals surface area contributed by atoms with E-state index in [-0.39, 0.29) is 0 Å². The number of aromatic amines is 1.